The van der Waals surface area contributed by atoms with Gasteiger partial charge in [-0.3, -0.25) is 9.59 Å². The van der Waals surface area contributed by atoms with Gasteiger partial charge in [0.15, 0.2) is 0 Å². The number of nitrogens with zero attached hydrogens (tertiary/aromatic N) is 1. The van der Waals surface area contributed by atoms with E-state index in [1.54, 1.807) is 6.92 Å². The van der Waals surface area contributed by atoms with E-state index >= 15 is 0 Å². The van der Waals surface area contributed by atoms with Crippen LogP contribution in [-0.2, 0) is 19.2 Å². The van der Waals surface area contributed by atoms with Crippen molar-refractivity contribution in [3.63, 3.8) is 0 Å². The lowest BCUT2D eigenvalue weighted by Gasteiger charge is -2.16. The number of hydrogen-bond donors (Lipinski definition) is 0. The Balaban J connectivity index is 2.37. The van der Waals surface area contributed by atoms with E-state index in [1.165, 1.54) is 0 Å². The summed E-state index contributed by atoms with van der Waals surface area (Å²) < 4.78 is 0. The first-order valence-electron chi connectivity index (χ1n) is 6.13. The molecule has 0 radical (unpaired) electrons. The molecule has 1 heterocycles. The molecule has 5 nitrogen and oxygen atoms in total. The number of unbranched alkanes of at least 4 members (excludes halogenated alkanes) is 2. The van der Waals surface area contributed by atoms with Crippen LogP contribution < -0.4 is 0 Å². The lowest BCUT2D eigenvalue weighted by Crippen LogP contribution is -2.34. The van der Waals surface area contributed by atoms with Crippen molar-refractivity contribution in [1.82, 2.24) is 5.06 Å². The van der Waals surface area contributed by atoms with Gasteiger partial charge in [-0.25, -0.2) is 4.79 Å². The predicted molar refractivity (Wildman–Crippen MR) is 60.5 cm³/mol. The summed E-state index contributed by atoms with van der Waals surface area (Å²) in [5, 5.41) is 0.610. The molecule has 1 aliphatic heterocycles. The molecule has 5 heteroatoms. The molecule has 96 valence electrons. The molecule has 1 saturated heterocycles. The monoisotopic (exact) mass is 241 g/mol. The molecular weight excluding hydrogens is 222 g/mol. The van der Waals surface area contributed by atoms with Gasteiger partial charge < -0.3 is 4.84 Å². The minimum atomic E-state index is -0.496. The van der Waals surface area contributed by atoms with E-state index in [9.17, 15) is 14.4 Å². The molecule has 0 aromatic heterocycles. The second kappa shape index (κ2) is 6.37. The third-order valence-electron chi connectivity index (χ3n) is 2.83. The number of rotatable bonds is 6. The van der Waals surface area contributed by atoms with Gasteiger partial charge >= 0.3 is 5.97 Å². The quantitative estimate of drug-likeness (QED) is 0.525. The van der Waals surface area contributed by atoms with Gasteiger partial charge in [0.2, 0.25) is 0 Å². The molecule has 0 N–H and O–H groups in total. The third kappa shape index (κ3) is 3.84. The standard InChI is InChI=1S/C12H19NO4/c1-3-4-5-6-9(2)12(16)17-13-10(14)7-8-11(13)15/h9H,3-8H2,1-2H3/t9-/m0/s1. The average molecular weight is 241 g/mol. The van der Waals surface area contributed by atoms with Crippen molar-refractivity contribution in [3.05, 3.63) is 0 Å². The fourth-order valence-corrected chi connectivity index (χ4v) is 1.66. The van der Waals surface area contributed by atoms with Crippen molar-refractivity contribution in [2.45, 2.75) is 52.4 Å². The molecule has 0 aliphatic carbocycles. The van der Waals surface area contributed by atoms with E-state index < -0.39 is 17.8 Å². The highest BCUT2D eigenvalue weighted by Gasteiger charge is 2.33. The summed E-state index contributed by atoms with van der Waals surface area (Å²) in [7, 11) is 0. The summed E-state index contributed by atoms with van der Waals surface area (Å²) in [6, 6.07) is 0. The summed E-state index contributed by atoms with van der Waals surface area (Å²) in [5.74, 6) is -1.62. The Morgan fingerprint density at radius 1 is 1.29 bits per heavy atom. The minimum Gasteiger partial charge on any atom is -0.330 e. The SMILES string of the molecule is CCCCC[C@H](C)C(=O)ON1C(=O)CCC1=O. The van der Waals surface area contributed by atoms with Gasteiger partial charge in [-0.05, 0) is 6.42 Å². The van der Waals surface area contributed by atoms with E-state index in [2.05, 4.69) is 6.92 Å². The minimum absolute atomic E-state index is 0.135. The Bertz CT molecular complexity index is 298. The summed E-state index contributed by atoms with van der Waals surface area (Å²) in [6.07, 6.45) is 4.11. The molecule has 0 bridgehead atoms. The van der Waals surface area contributed by atoms with Crippen LogP contribution in [0.15, 0.2) is 0 Å². The van der Waals surface area contributed by atoms with Gasteiger partial charge in [0, 0.05) is 12.8 Å². The van der Waals surface area contributed by atoms with Crippen molar-refractivity contribution in [1.29, 1.82) is 0 Å². The van der Waals surface area contributed by atoms with Crippen LogP contribution in [-0.4, -0.2) is 22.8 Å². The van der Waals surface area contributed by atoms with Crippen LogP contribution in [0, 0.1) is 5.92 Å². The van der Waals surface area contributed by atoms with E-state index in [1.807, 2.05) is 0 Å². The van der Waals surface area contributed by atoms with Gasteiger partial charge in [-0.1, -0.05) is 33.1 Å². The van der Waals surface area contributed by atoms with Gasteiger partial charge in [-0.15, -0.1) is 5.06 Å². The molecule has 0 spiro atoms. The molecule has 1 aliphatic rings. The van der Waals surface area contributed by atoms with E-state index in [4.69, 9.17) is 4.84 Å². The molecule has 1 rings (SSSR count). The van der Waals surface area contributed by atoms with Crippen LogP contribution in [0.1, 0.15) is 52.4 Å². The zero-order chi connectivity index (χ0) is 12.8. The molecular formula is C12H19NO4. The summed E-state index contributed by atoms with van der Waals surface area (Å²) >= 11 is 0. The normalized spacial score (nSPS) is 17.4. The summed E-state index contributed by atoms with van der Waals surface area (Å²) in [4.78, 5) is 38.9. The average Bonchev–Trinajstić information content (AvgIpc) is 2.61. The Morgan fingerprint density at radius 3 is 2.41 bits per heavy atom. The summed E-state index contributed by atoms with van der Waals surface area (Å²) in [5.41, 5.74) is 0. The van der Waals surface area contributed by atoms with Crippen LogP contribution >= 0.6 is 0 Å². The van der Waals surface area contributed by atoms with Crippen LogP contribution in [0.3, 0.4) is 0 Å². The van der Waals surface area contributed by atoms with Crippen LogP contribution in [0.5, 0.6) is 0 Å². The van der Waals surface area contributed by atoms with Gasteiger partial charge in [0.1, 0.15) is 0 Å². The molecule has 0 saturated carbocycles. The maximum atomic E-state index is 11.6. The third-order valence-corrected chi connectivity index (χ3v) is 2.83. The van der Waals surface area contributed by atoms with Crippen LogP contribution in [0.2, 0.25) is 0 Å². The first kappa shape index (κ1) is 13.7. The Labute approximate surface area is 101 Å². The first-order chi connectivity index (χ1) is 8.06. The Morgan fingerprint density at radius 2 is 1.88 bits per heavy atom. The zero-order valence-corrected chi connectivity index (χ0v) is 10.4. The van der Waals surface area contributed by atoms with Gasteiger partial charge in [0.25, 0.3) is 11.8 Å². The zero-order valence-electron chi connectivity index (χ0n) is 10.4. The van der Waals surface area contributed by atoms with E-state index in [0.717, 1.165) is 25.7 Å². The van der Waals surface area contributed by atoms with Crippen LogP contribution in [0.4, 0.5) is 0 Å². The molecule has 1 atom stereocenters. The van der Waals surface area contributed by atoms with Gasteiger partial charge in [0.05, 0.1) is 5.92 Å². The van der Waals surface area contributed by atoms with E-state index in [0.29, 0.717) is 5.06 Å². The number of amides is 2. The second-order valence-electron chi connectivity index (χ2n) is 4.39. The molecule has 0 aromatic carbocycles. The number of imide groups is 1. The molecule has 0 aromatic rings. The highest BCUT2D eigenvalue weighted by molar-refractivity contribution is 6.01. The largest absolute Gasteiger partial charge is 0.335 e. The number of carbonyl (C=O) groups is 3. The van der Waals surface area contributed by atoms with Gasteiger partial charge in [-0.2, -0.15) is 0 Å². The smallest absolute Gasteiger partial charge is 0.330 e. The summed E-state index contributed by atoms with van der Waals surface area (Å²) in [6.45, 7) is 3.84. The first-order valence-corrected chi connectivity index (χ1v) is 6.13. The Kier molecular flexibility index (Phi) is 5.12. The van der Waals surface area contributed by atoms with E-state index in [-0.39, 0.29) is 18.8 Å². The topological polar surface area (TPSA) is 63.7 Å². The highest BCUT2D eigenvalue weighted by Crippen LogP contribution is 2.16. The lowest BCUT2D eigenvalue weighted by molar-refractivity contribution is -0.200. The fraction of sp³-hybridized carbons (Fsp3) is 0.750. The van der Waals surface area contributed by atoms with Crippen molar-refractivity contribution in [2.24, 2.45) is 5.92 Å². The molecule has 17 heavy (non-hydrogen) atoms. The highest BCUT2D eigenvalue weighted by atomic mass is 16.7. The number of carbonyl (C=O) groups excluding carboxylic acids is 3. The number of hydroxylamine groups is 2. The lowest BCUT2D eigenvalue weighted by atomic mass is 10.0. The van der Waals surface area contributed by atoms with Crippen molar-refractivity contribution >= 4 is 17.8 Å². The van der Waals surface area contributed by atoms with Crippen molar-refractivity contribution < 1.29 is 19.2 Å². The maximum Gasteiger partial charge on any atom is 0.335 e. The maximum absolute atomic E-state index is 11.6. The molecule has 2 amide bonds. The second-order valence-corrected chi connectivity index (χ2v) is 4.39. The molecule has 1 fully saturated rings. The molecule has 0 unspecified atom stereocenters. The Hall–Kier alpha value is -1.39. The van der Waals surface area contributed by atoms with Crippen molar-refractivity contribution in [2.75, 3.05) is 0 Å². The van der Waals surface area contributed by atoms with Crippen molar-refractivity contribution in [3.8, 4) is 0 Å². The fourth-order valence-electron chi connectivity index (χ4n) is 1.66. The van der Waals surface area contributed by atoms with Crippen LogP contribution in [0.25, 0.3) is 0 Å². The predicted octanol–water partition coefficient (Wildman–Crippen LogP) is 1.81. The number of hydrogen-bond acceptors (Lipinski definition) is 4.